The van der Waals surface area contributed by atoms with Crippen LogP contribution in [0.5, 0.6) is 0 Å². The van der Waals surface area contributed by atoms with Crippen LogP contribution in [-0.4, -0.2) is 16.2 Å². The molecule has 0 aromatic carbocycles. The zero-order valence-corrected chi connectivity index (χ0v) is 8.86. The molecule has 0 atom stereocenters. The van der Waals surface area contributed by atoms with Gasteiger partial charge in [0.25, 0.3) is 0 Å². The van der Waals surface area contributed by atoms with E-state index in [0.29, 0.717) is 13.2 Å². The van der Waals surface area contributed by atoms with Crippen molar-refractivity contribution in [2.45, 2.75) is 20.0 Å². The van der Waals surface area contributed by atoms with Crippen molar-refractivity contribution < 1.29 is 4.74 Å². The van der Waals surface area contributed by atoms with Gasteiger partial charge in [-0.1, -0.05) is 12.7 Å². The average Bonchev–Trinajstić information content (AvgIpc) is 2.57. The summed E-state index contributed by atoms with van der Waals surface area (Å²) >= 11 is 0. The second kappa shape index (κ2) is 3.90. The number of allylic oxidation sites excluding steroid dienone is 3. The molecule has 1 aliphatic heterocycles. The van der Waals surface area contributed by atoms with Gasteiger partial charge in [-0.3, -0.25) is 0 Å². The SMILES string of the molecule is C=CC1=C(C)OCCn2cc(CN)nc21. The van der Waals surface area contributed by atoms with Crippen LogP contribution in [0.25, 0.3) is 5.57 Å². The molecule has 2 N–H and O–H groups in total. The molecule has 0 fully saturated rings. The highest BCUT2D eigenvalue weighted by atomic mass is 16.5. The van der Waals surface area contributed by atoms with Crippen LogP contribution in [0.15, 0.2) is 24.6 Å². The molecule has 0 saturated heterocycles. The standard InChI is InChI=1S/C11H15N3O/c1-3-10-8(2)15-5-4-14-7-9(6-12)13-11(10)14/h3,7H,1,4-6,12H2,2H3. The molecule has 0 spiro atoms. The first kappa shape index (κ1) is 9.98. The number of fused-ring (bicyclic) bond motifs is 1. The number of nitrogens with zero attached hydrogens (tertiary/aromatic N) is 2. The summed E-state index contributed by atoms with van der Waals surface area (Å²) in [4.78, 5) is 4.46. The molecule has 1 aromatic heterocycles. The summed E-state index contributed by atoms with van der Waals surface area (Å²) in [6.07, 6.45) is 3.75. The molecule has 0 unspecified atom stereocenters. The Labute approximate surface area is 89.1 Å². The summed E-state index contributed by atoms with van der Waals surface area (Å²) in [5.41, 5.74) is 7.43. The Morgan fingerprint density at radius 1 is 1.73 bits per heavy atom. The fraction of sp³-hybridized carbons (Fsp3) is 0.364. The molecule has 1 aliphatic rings. The molecule has 0 aliphatic carbocycles. The van der Waals surface area contributed by atoms with Gasteiger partial charge in [0, 0.05) is 12.7 Å². The summed E-state index contributed by atoms with van der Waals surface area (Å²) < 4.78 is 7.60. The molecule has 4 heteroatoms. The van der Waals surface area contributed by atoms with Crippen molar-refractivity contribution in [2.75, 3.05) is 6.61 Å². The lowest BCUT2D eigenvalue weighted by molar-refractivity contribution is 0.209. The number of hydrogen-bond acceptors (Lipinski definition) is 3. The molecule has 2 rings (SSSR count). The van der Waals surface area contributed by atoms with Gasteiger partial charge in [0.15, 0.2) is 0 Å². The van der Waals surface area contributed by atoms with Gasteiger partial charge >= 0.3 is 0 Å². The molecule has 0 radical (unpaired) electrons. The number of rotatable bonds is 2. The van der Waals surface area contributed by atoms with Crippen molar-refractivity contribution in [3.63, 3.8) is 0 Å². The second-order valence-corrected chi connectivity index (χ2v) is 3.48. The van der Waals surface area contributed by atoms with Crippen LogP contribution >= 0.6 is 0 Å². The maximum Gasteiger partial charge on any atom is 0.143 e. The van der Waals surface area contributed by atoms with Crippen LogP contribution in [0.2, 0.25) is 0 Å². The van der Waals surface area contributed by atoms with E-state index < -0.39 is 0 Å². The minimum Gasteiger partial charge on any atom is -0.496 e. The van der Waals surface area contributed by atoms with Gasteiger partial charge in [0.2, 0.25) is 0 Å². The Bertz CT molecular complexity index is 417. The van der Waals surface area contributed by atoms with Gasteiger partial charge in [0.1, 0.15) is 18.2 Å². The molecule has 0 saturated carbocycles. The molecular weight excluding hydrogens is 190 g/mol. The van der Waals surface area contributed by atoms with E-state index in [0.717, 1.165) is 29.4 Å². The topological polar surface area (TPSA) is 53.1 Å². The normalized spacial score (nSPS) is 15.6. The largest absolute Gasteiger partial charge is 0.496 e. The molecule has 1 aromatic rings. The van der Waals surface area contributed by atoms with E-state index in [1.165, 1.54) is 0 Å². The van der Waals surface area contributed by atoms with Gasteiger partial charge in [-0.15, -0.1) is 0 Å². The molecule has 0 amide bonds. The third-order valence-corrected chi connectivity index (χ3v) is 2.51. The minimum absolute atomic E-state index is 0.463. The summed E-state index contributed by atoms with van der Waals surface area (Å²) in [7, 11) is 0. The van der Waals surface area contributed by atoms with Gasteiger partial charge < -0.3 is 15.0 Å². The smallest absolute Gasteiger partial charge is 0.143 e. The number of hydrogen-bond donors (Lipinski definition) is 1. The van der Waals surface area contributed by atoms with Gasteiger partial charge in [-0.05, 0) is 6.92 Å². The summed E-state index contributed by atoms with van der Waals surface area (Å²) in [5, 5.41) is 0. The number of imidazole rings is 1. The van der Waals surface area contributed by atoms with Crippen molar-refractivity contribution in [3.05, 3.63) is 36.1 Å². The highest BCUT2D eigenvalue weighted by molar-refractivity contribution is 5.71. The lowest BCUT2D eigenvalue weighted by atomic mass is 10.2. The van der Waals surface area contributed by atoms with Crippen LogP contribution in [0.3, 0.4) is 0 Å². The Morgan fingerprint density at radius 2 is 2.53 bits per heavy atom. The third kappa shape index (κ3) is 1.68. The first-order valence-electron chi connectivity index (χ1n) is 4.99. The van der Waals surface area contributed by atoms with Gasteiger partial charge in [-0.25, -0.2) is 4.98 Å². The summed E-state index contributed by atoms with van der Waals surface area (Å²) in [6.45, 7) is 7.65. The lowest BCUT2D eigenvalue weighted by Gasteiger charge is -2.03. The van der Waals surface area contributed by atoms with E-state index in [9.17, 15) is 0 Å². The predicted molar refractivity (Wildman–Crippen MR) is 58.9 cm³/mol. The minimum atomic E-state index is 0.463. The monoisotopic (exact) mass is 205 g/mol. The van der Waals surface area contributed by atoms with E-state index in [1.807, 2.05) is 13.1 Å². The summed E-state index contributed by atoms with van der Waals surface area (Å²) in [5.74, 6) is 1.78. The Hall–Kier alpha value is -1.55. The molecule has 15 heavy (non-hydrogen) atoms. The molecular formula is C11H15N3O. The first-order chi connectivity index (χ1) is 7.26. The Kier molecular flexibility index (Phi) is 2.60. The fourth-order valence-electron chi connectivity index (χ4n) is 1.72. The van der Waals surface area contributed by atoms with E-state index >= 15 is 0 Å². The van der Waals surface area contributed by atoms with Gasteiger partial charge in [-0.2, -0.15) is 0 Å². The van der Waals surface area contributed by atoms with Crippen molar-refractivity contribution >= 4 is 5.57 Å². The Balaban J connectivity index is 2.54. The van der Waals surface area contributed by atoms with E-state index in [4.69, 9.17) is 10.5 Å². The zero-order chi connectivity index (χ0) is 10.8. The van der Waals surface area contributed by atoms with Crippen LogP contribution in [0.1, 0.15) is 18.4 Å². The van der Waals surface area contributed by atoms with Crippen LogP contribution in [0, 0.1) is 0 Å². The average molecular weight is 205 g/mol. The number of nitrogens with two attached hydrogens (primary N) is 1. The van der Waals surface area contributed by atoms with Gasteiger partial charge in [0.05, 0.1) is 17.8 Å². The van der Waals surface area contributed by atoms with E-state index in [2.05, 4.69) is 16.1 Å². The van der Waals surface area contributed by atoms with Crippen LogP contribution < -0.4 is 5.73 Å². The van der Waals surface area contributed by atoms with Crippen LogP contribution in [-0.2, 0) is 17.8 Å². The predicted octanol–water partition coefficient (Wildman–Crippen LogP) is 1.29. The fourth-order valence-corrected chi connectivity index (χ4v) is 1.72. The maximum absolute atomic E-state index is 5.57. The molecule has 4 nitrogen and oxygen atoms in total. The van der Waals surface area contributed by atoms with E-state index in [-0.39, 0.29) is 0 Å². The number of ether oxygens (including phenoxy) is 1. The zero-order valence-electron chi connectivity index (χ0n) is 8.86. The number of aromatic nitrogens is 2. The molecule has 0 bridgehead atoms. The van der Waals surface area contributed by atoms with Crippen molar-refractivity contribution in [1.29, 1.82) is 0 Å². The van der Waals surface area contributed by atoms with Crippen molar-refractivity contribution in [3.8, 4) is 0 Å². The van der Waals surface area contributed by atoms with Crippen LogP contribution in [0.4, 0.5) is 0 Å². The molecule has 80 valence electrons. The van der Waals surface area contributed by atoms with E-state index in [1.54, 1.807) is 6.08 Å². The quantitative estimate of drug-likeness (QED) is 0.791. The maximum atomic E-state index is 5.57. The highest BCUT2D eigenvalue weighted by Gasteiger charge is 2.16. The lowest BCUT2D eigenvalue weighted by Crippen LogP contribution is -2.02. The highest BCUT2D eigenvalue weighted by Crippen LogP contribution is 2.23. The first-order valence-corrected chi connectivity index (χ1v) is 4.99. The van der Waals surface area contributed by atoms with Crippen molar-refractivity contribution in [1.82, 2.24) is 9.55 Å². The van der Waals surface area contributed by atoms with Crippen molar-refractivity contribution in [2.24, 2.45) is 5.73 Å². The summed E-state index contributed by atoms with van der Waals surface area (Å²) in [6, 6.07) is 0. The molecule has 2 heterocycles. The Morgan fingerprint density at radius 3 is 3.20 bits per heavy atom. The second-order valence-electron chi connectivity index (χ2n) is 3.48. The third-order valence-electron chi connectivity index (χ3n) is 2.51.